The summed E-state index contributed by atoms with van der Waals surface area (Å²) in [4.78, 5) is 37.5. The van der Waals surface area contributed by atoms with Gasteiger partial charge in [-0.05, 0) is 24.2 Å². The Kier molecular flexibility index (Phi) is 4.31. The smallest absolute Gasteiger partial charge is 0.348 e. The van der Waals surface area contributed by atoms with E-state index >= 15 is 0 Å². The normalized spacial score (nSPS) is 57.6. The van der Waals surface area contributed by atoms with Crippen molar-refractivity contribution in [1.29, 1.82) is 0 Å². The number of carbonyl (C=O) groups excluding carboxylic acids is 3. The summed E-state index contributed by atoms with van der Waals surface area (Å²) in [5.41, 5.74) is -2.12. The summed E-state index contributed by atoms with van der Waals surface area (Å²) in [5.74, 6) is -6.24. The summed E-state index contributed by atoms with van der Waals surface area (Å²) in [5, 5.41) is 34.0. The Bertz CT molecular complexity index is 858. The highest BCUT2D eigenvalue weighted by Gasteiger charge is 2.83. The van der Waals surface area contributed by atoms with Crippen LogP contribution < -0.4 is 0 Å². The zero-order valence-corrected chi connectivity index (χ0v) is 18.1. The first-order valence-corrected chi connectivity index (χ1v) is 11.0. The van der Waals surface area contributed by atoms with E-state index < -0.39 is 70.7 Å². The number of rotatable bonds is 1. The molecule has 0 aromatic carbocycles. The fourth-order valence-electron chi connectivity index (χ4n) is 8.33. The van der Waals surface area contributed by atoms with Gasteiger partial charge in [0.1, 0.15) is 18.3 Å². The highest BCUT2D eigenvalue weighted by molar-refractivity contribution is 5.85. The van der Waals surface area contributed by atoms with E-state index in [-0.39, 0.29) is 30.6 Å². The monoisotopic (exact) mass is 438 g/mol. The molecule has 5 fully saturated rings. The van der Waals surface area contributed by atoms with Crippen molar-refractivity contribution in [3.63, 3.8) is 0 Å². The average Bonchev–Trinajstić information content (AvgIpc) is 2.97. The lowest BCUT2D eigenvalue weighted by Gasteiger charge is -2.68. The highest BCUT2D eigenvalue weighted by Crippen LogP contribution is 2.74. The van der Waals surface area contributed by atoms with Crippen molar-refractivity contribution in [2.75, 3.05) is 6.61 Å². The fourth-order valence-corrected chi connectivity index (χ4v) is 8.33. The first kappa shape index (κ1) is 21.3. The van der Waals surface area contributed by atoms with Crippen molar-refractivity contribution in [2.45, 2.75) is 70.7 Å². The van der Waals surface area contributed by atoms with Crippen molar-refractivity contribution in [1.82, 2.24) is 0 Å². The molecule has 31 heavy (non-hydrogen) atoms. The van der Waals surface area contributed by atoms with Crippen LogP contribution in [0.25, 0.3) is 0 Å². The van der Waals surface area contributed by atoms with Crippen LogP contribution in [0.4, 0.5) is 0 Å². The summed E-state index contributed by atoms with van der Waals surface area (Å²) in [6.07, 6.45) is -4.07. The maximum absolute atomic E-state index is 12.9. The van der Waals surface area contributed by atoms with Crippen molar-refractivity contribution < 1.29 is 43.9 Å². The third-order valence-corrected chi connectivity index (χ3v) is 9.32. The molecule has 0 aromatic heterocycles. The number of esters is 2. The molecular formula is C22H30O9. The molecular weight excluding hydrogens is 408 g/mol. The molecule has 12 unspecified atom stereocenters. The van der Waals surface area contributed by atoms with Crippen molar-refractivity contribution >= 4 is 17.7 Å². The average molecular weight is 438 g/mol. The molecule has 3 N–H and O–H groups in total. The second-order valence-corrected chi connectivity index (χ2v) is 10.6. The number of ether oxygens (including phenoxy) is 3. The van der Waals surface area contributed by atoms with Gasteiger partial charge in [-0.25, -0.2) is 4.79 Å². The third-order valence-electron chi connectivity index (χ3n) is 9.32. The quantitative estimate of drug-likeness (QED) is 0.474. The molecule has 5 aliphatic rings. The Labute approximate surface area is 180 Å². The van der Waals surface area contributed by atoms with Crippen LogP contribution in [0.2, 0.25) is 0 Å². The number of aliphatic hydroxyl groups excluding tert-OH is 2. The minimum absolute atomic E-state index is 0.0342. The van der Waals surface area contributed by atoms with Gasteiger partial charge in [0.15, 0.2) is 11.6 Å². The molecule has 2 aliphatic heterocycles. The minimum Gasteiger partial charge on any atom is -0.459 e. The van der Waals surface area contributed by atoms with Gasteiger partial charge in [-0.3, -0.25) is 9.59 Å². The van der Waals surface area contributed by atoms with Gasteiger partial charge < -0.3 is 29.5 Å². The molecule has 9 nitrogen and oxygen atoms in total. The lowest BCUT2D eigenvalue weighted by Crippen LogP contribution is -2.78. The topological polar surface area (TPSA) is 140 Å². The first-order valence-electron chi connectivity index (χ1n) is 11.0. The second kappa shape index (κ2) is 6.27. The maximum atomic E-state index is 12.9. The molecule has 12 atom stereocenters. The zero-order valence-electron chi connectivity index (χ0n) is 18.1. The molecule has 1 spiro atoms. The summed E-state index contributed by atoms with van der Waals surface area (Å²) in [6, 6.07) is 0. The molecule has 0 radical (unpaired) electrons. The van der Waals surface area contributed by atoms with E-state index in [9.17, 15) is 29.7 Å². The second-order valence-electron chi connectivity index (χ2n) is 10.6. The van der Waals surface area contributed by atoms with Gasteiger partial charge in [-0.2, -0.15) is 0 Å². The van der Waals surface area contributed by atoms with E-state index in [2.05, 4.69) is 0 Å². The van der Waals surface area contributed by atoms with Crippen molar-refractivity contribution in [2.24, 2.45) is 40.4 Å². The number of ketones is 1. The minimum atomic E-state index is -2.02. The number of hydrogen-bond acceptors (Lipinski definition) is 9. The van der Waals surface area contributed by atoms with Crippen molar-refractivity contribution in [3.05, 3.63) is 0 Å². The molecule has 3 saturated carbocycles. The molecule has 9 heteroatoms. The largest absolute Gasteiger partial charge is 0.459 e. The van der Waals surface area contributed by atoms with Gasteiger partial charge in [0.25, 0.3) is 0 Å². The molecule has 172 valence electrons. The summed E-state index contributed by atoms with van der Waals surface area (Å²) >= 11 is 0. The summed E-state index contributed by atoms with van der Waals surface area (Å²) in [6.45, 7) is 6.55. The number of Topliss-reactive ketones (excluding diaryl/α,β-unsaturated/α-hetero) is 1. The Balaban J connectivity index is 1.74. The Morgan fingerprint density at radius 2 is 1.90 bits per heavy atom. The molecule has 0 aromatic rings. The summed E-state index contributed by atoms with van der Waals surface area (Å²) < 4.78 is 17.1. The number of carbonyl (C=O) groups is 3. The Morgan fingerprint density at radius 1 is 1.23 bits per heavy atom. The van der Waals surface area contributed by atoms with Gasteiger partial charge in [-0.1, -0.05) is 20.8 Å². The molecule has 2 saturated heterocycles. The van der Waals surface area contributed by atoms with E-state index in [4.69, 9.17) is 14.2 Å². The van der Waals surface area contributed by atoms with E-state index in [1.165, 1.54) is 6.92 Å². The SMILES string of the molecule is CC(=O)OC1C(=O)OC2CC3C(C)CC(=O)C(O)C3(C)C3C4(O)OCC23C1C(C)C4O. The van der Waals surface area contributed by atoms with Crippen LogP contribution in [-0.4, -0.2) is 69.9 Å². The van der Waals surface area contributed by atoms with E-state index in [1.807, 2.05) is 6.92 Å². The molecule has 3 aliphatic carbocycles. The van der Waals surface area contributed by atoms with Crippen LogP contribution in [0, 0.1) is 40.4 Å². The maximum Gasteiger partial charge on any atom is 0.348 e. The number of hydrogen-bond donors (Lipinski definition) is 3. The van der Waals surface area contributed by atoms with Gasteiger partial charge >= 0.3 is 11.9 Å². The Morgan fingerprint density at radius 3 is 2.55 bits per heavy atom. The van der Waals surface area contributed by atoms with Crippen LogP contribution in [-0.2, 0) is 28.6 Å². The lowest BCUT2D eigenvalue weighted by atomic mass is 9.37. The van der Waals surface area contributed by atoms with Crippen LogP contribution in [0.15, 0.2) is 0 Å². The highest BCUT2D eigenvalue weighted by atomic mass is 16.7. The van der Waals surface area contributed by atoms with E-state index in [1.54, 1.807) is 13.8 Å². The van der Waals surface area contributed by atoms with Gasteiger partial charge in [0.2, 0.25) is 6.10 Å². The van der Waals surface area contributed by atoms with Crippen LogP contribution >= 0.6 is 0 Å². The van der Waals surface area contributed by atoms with Gasteiger partial charge in [0, 0.05) is 36.0 Å². The van der Waals surface area contributed by atoms with Crippen LogP contribution in [0.3, 0.4) is 0 Å². The zero-order chi connectivity index (χ0) is 22.7. The fraction of sp³-hybridized carbons (Fsp3) is 0.864. The predicted molar refractivity (Wildman–Crippen MR) is 102 cm³/mol. The Hall–Kier alpha value is -1.55. The number of fused-ring (bicyclic) bond motifs is 1. The predicted octanol–water partition coefficient (Wildman–Crippen LogP) is -0.212. The molecule has 2 heterocycles. The van der Waals surface area contributed by atoms with E-state index in [0.717, 1.165) is 0 Å². The van der Waals surface area contributed by atoms with Crippen LogP contribution in [0.1, 0.15) is 40.5 Å². The van der Waals surface area contributed by atoms with Crippen LogP contribution in [0.5, 0.6) is 0 Å². The van der Waals surface area contributed by atoms with Gasteiger partial charge in [0.05, 0.1) is 6.61 Å². The lowest BCUT2D eigenvalue weighted by molar-refractivity contribution is -0.346. The standard InChI is InChI=1S/C22H30O9/c1-8-5-12(24)17(26)20(4)11(8)6-13-21-7-29-22(28,19(20)21)16(25)9(2)14(21)15(18(27)31-13)30-10(3)23/h8-9,11,13-17,19,25-26,28H,5-7H2,1-4H3. The molecule has 5 rings (SSSR count). The first-order chi connectivity index (χ1) is 14.4. The summed E-state index contributed by atoms with van der Waals surface area (Å²) in [7, 11) is 0. The third kappa shape index (κ3) is 2.28. The molecule has 0 amide bonds. The van der Waals surface area contributed by atoms with E-state index in [0.29, 0.717) is 6.42 Å². The molecule has 2 bridgehead atoms. The van der Waals surface area contributed by atoms with Crippen molar-refractivity contribution in [3.8, 4) is 0 Å². The number of aliphatic hydroxyl groups is 3. The van der Waals surface area contributed by atoms with Gasteiger partial charge in [-0.15, -0.1) is 0 Å².